The predicted octanol–water partition coefficient (Wildman–Crippen LogP) is 0.940. The molecule has 0 aliphatic heterocycles. The molecule has 0 aliphatic rings. The fourth-order valence-corrected chi connectivity index (χ4v) is 1.34. The second kappa shape index (κ2) is 4.16. The van der Waals surface area contributed by atoms with Gasteiger partial charge in [-0.25, -0.2) is 4.39 Å². The van der Waals surface area contributed by atoms with Gasteiger partial charge in [-0.15, -0.1) is 5.23 Å². The summed E-state index contributed by atoms with van der Waals surface area (Å²) in [5.74, 6) is -2.35. The van der Waals surface area contributed by atoms with Gasteiger partial charge < -0.3 is 15.5 Å². The lowest BCUT2D eigenvalue weighted by Gasteiger charge is -2.31. The molecule has 0 atom stereocenters. The van der Waals surface area contributed by atoms with E-state index < -0.39 is 33.4 Å². The molecule has 0 spiro atoms. The van der Waals surface area contributed by atoms with Crippen molar-refractivity contribution in [1.29, 1.82) is 0 Å². The van der Waals surface area contributed by atoms with Crippen molar-refractivity contribution in [3.05, 3.63) is 21.6 Å². The van der Waals surface area contributed by atoms with Crippen LogP contribution in [0, 0.1) is 11.0 Å². The van der Waals surface area contributed by atoms with E-state index in [2.05, 4.69) is 15.9 Å². The van der Waals surface area contributed by atoms with E-state index in [-0.39, 0.29) is 4.47 Å². The molecule has 84 valence electrons. The van der Waals surface area contributed by atoms with Crippen molar-refractivity contribution in [2.75, 3.05) is 10.5 Å². The lowest BCUT2D eigenvalue weighted by molar-refractivity contribution is -0.268. The molecule has 9 heteroatoms. The molecule has 0 bridgehead atoms. The van der Waals surface area contributed by atoms with Crippen molar-refractivity contribution in [3.8, 4) is 5.75 Å². The van der Waals surface area contributed by atoms with Gasteiger partial charge in [0.2, 0.25) is 0 Å². The number of hydrogen-bond acceptors (Lipinski definition) is 7. The number of halogens is 2. The van der Waals surface area contributed by atoms with Gasteiger partial charge in [-0.1, -0.05) is 21.7 Å². The molecule has 0 unspecified atom stereocenters. The highest BCUT2D eigenvalue weighted by molar-refractivity contribution is 9.10. The molecule has 0 heterocycles. The zero-order valence-electron chi connectivity index (χ0n) is 6.89. The molecule has 0 saturated heterocycles. The Bertz CT molecular complexity index is 386. The Labute approximate surface area is 90.8 Å². The van der Waals surface area contributed by atoms with E-state index in [1.807, 2.05) is 0 Å². The van der Waals surface area contributed by atoms with Crippen LogP contribution in [0.2, 0.25) is 0 Å². The number of benzene rings is 1. The first-order chi connectivity index (χ1) is 6.86. The fraction of sp³-hybridized carbons (Fsp3) is 0. The summed E-state index contributed by atoms with van der Waals surface area (Å²) in [6.45, 7) is 0. The molecule has 1 rings (SSSR count). The van der Waals surface area contributed by atoms with Gasteiger partial charge in [0.15, 0.2) is 11.5 Å². The first-order valence-corrected chi connectivity index (χ1v) is 4.18. The zero-order chi connectivity index (χ0) is 11.7. The minimum Gasteiger partial charge on any atom is -0.870 e. The molecule has 7 nitrogen and oxygen atoms in total. The third-order valence-corrected chi connectivity index (χ3v) is 2.12. The molecule has 1 aromatic rings. The molecular formula is C6H4BrFN2O5-2. The van der Waals surface area contributed by atoms with Crippen LogP contribution in [-0.4, -0.2) is 15.6 Å². The van der Waals surface area contributed by atoms with Crippen LogP contribution in [0.5, 0.6) is 5.75 Å². The molecule has 1 aromatic carbocycles. The van der Waals surface area contributed by atoms with Gasteiger partial charge in [0.1, 0.15) is 0 Å². The Morgan fingerprint density at radius 2 is 1.80 bits per heavy atom. The number of nitrogens with zero attached hydrogens (tertiary/aromatic N) is 2. The van der Waals surface area contributed by atoms with E-state index >= 15 is 0 Å². The van der Waals surface area contributed by atoms with E-state index in [0.29, 0.717) is 6.07 Å². The average Bonchev–Trinajstić information content (AvgIpc) is 2.09. The Morgan fingerprint density at radius 3 is 2.20 bits per heavy atom. The van der Waals surface area contributed by atoms with Crippen molar-refractivity contribution in [3.63, 3.8) is 0 Å². The summed E-state index contributed by atoms with van der Waals surface area (Å²) >= 11 is 2.64. The van der Waals surface area contributed by atoms with Crippen molar-refractivity contribution >= 4 is 27.3 Å². The van der Waals surface area contributed by atoms with Crippen molar-refractivity contribution < 1.29 is 25.1 Å². The van der Waals surface area contributed by atoms with Crippen LogP contribution in [0.4, 0.5) is 15.8 Å². The monoisotopic (exact) mass is 282 g/mol. The molecule has 0 radical (unpaired) electrons. The fourth-order valence-electron chi connectivity index (χ4n) is 0.947. The molecule has 0 fully saturated rings. The number of hydrogen-bond donors (Lipinski definition) is 3. The maximum Gasteiger partial charge on any atom is 0.154 e. The summed E-state index contributed by atoms with van der Waals surface area (Å²) in [5.41, 5.74) is -2.28. The zero-order valence-corrected chi connectivity index (χ0v) is 8.47. The van der Waals surface area contributed by atoms with Crippen molar-refractivity contribution in [2.24, 2.45) is 0 Å². The van der Waals surface area contributed by atoms with Crippen LogP contribution >= 0.6 is 15.9 Å². The van der Waals surface area contributed by atoms with E-state index in [1.54, 1.807) is 0 Å². The number of rotatable bonds is 2. The average molecular weight is 283 g/mol. The van der Waals surface area contributed by atoms with Gasteiger partial charge in [-0.05, 0) is 6.07 Å². The molecule has 3 N–H and O–H groups in total. The van der Waals surface area contributed by atoms with E-state index in [4.69, 9.17) is 15.6 Å². The highest BCUT2D eigenvalue weighted by atomic mass is 79.9. The van der Waals surface area contributed by atoms with E-state index in [0.717, 1.165) is 0 Å². The SMILES string of the molecule is [O-]c1c(Br)cc(F)c(N(O)O)c1N([O-])O. The lowest BCUT2D eigenvalue weighted by atomic mass is 10.2. The van der Waals surface area contributed by atoms with Crippen molar-refractivity contribution in [2.45, 2.75) is 0 Å². The van der Waals surface area contributed by atoms with Gasteiger partial charge in [0.05, 0.1) is 5.69 Å². The van der Waals surface area contributed by atoms with Crippen LogP contribution in [0.1, 0.15) is 0 Å². The van der Waals surface area contributed by atoms with Crippen LogP contribution in [0.25, 0.3) is 0 Å². The Morgan fingerprint density at radius 1 is 1.27 bits per heavy atom. The highest BCUT2D eigenvalue weighted by Gasteiger charge is 2.17. The Hall–Kier alpha value is -1.13. The van der Waals surface area contributed by atoms with Crippen LogP contribution in [0.3, 0.4) is 0 Å². The Kier molecular flexibility index (Phi) is 3.31. The highest BCUT2D eigenvalue weighted by Crippen LogP contribution is 2.41. The second-order valence-electron chi connectivity index (χ2n) is 2.43. The van der Waals surface area contributed by atoms with Crippen LogP contribution < -0.4 is 15.6 Å². The second-order valence-corrected chi connectivity index (χ2v) is 3.28. The minimum absolute atomic E-state index is 0.337. The summed E-state index contributed by atoms with van der Waals surface area (Å²) in [6.07, 6.45) is 0. The standard InChI is InChI=1S/C6H5BrFN2O5/c7-2-1-3(8)4(9(12)13)5(6(2)11)10(14)15/h1,11-14H/q-1/p-1. The maximum absolute atomic E-state index is 13.1. The molecule has 0 aliphatic carbocycles. The first kappa shape index (κ1) is 11.9. The summed E-state index contributed by atoms with van der Waals surface area (Å²) < 4.78 is 12.8. The predicted molar refractivity (Wildman–Crippen MR) is 47.2 cm³/mol. The first-order valence-electron chi connectivity index (χ1n) is 3.39. The molecular weight excluding hydrogens is 279 g/mol. The van der Waals surface area contributed by atoms with Gasteiger partial charge in [-0.3, -0.25) is 15.6 Å². The summed E-state index contributed by atoms with van der Waals surface area (Å²) in [6, 6.07) is 0.629. The van der Waals surface area contributed by atoms with Crippen LogP contribution in [-0.2, 0) is 0 Å². The molecule has 0 aromatic heterocycles. The molecule has 0 saturated carbocycles. The topological polar surface area (TPSA) is 113 Å². The third kappa shape index (κ3) is 2.11. The lowest BCUT2D eigenvalue weighted by Crippen LogP contribution is -2.20. The summed E-state index contributed by atoms with van der Waals surface area (Å²) in [4.78, 5) is 0. The van der Waals surface area contributed by atoms with Gasteiger partial charge >= 0.3 is 0 Å². The minimum atomic E-state index is -1.27. The molecule has 15 heavy (non-hydrogen) atoms. The van der Waals surface area contributed by atoms with E-state index in [1.165, 1.54) is 0 Å². The maximum atomic E-state index is 13.1. The van der Waals surface area contributed by atoms with Gasteiger partial charge in [0.25, 0.3) is 0 Å². The van der Waals surface area contributed by atoms with Crippen LogP contribution in [0.15, 0.2) is 10.5 Å². The quantitative estimate of drug-likeness (QED) is 0.692. The van der Waals surface area contributed by atoms with Crippen molar-refractivity contribution in [1.82, 2.24) is 0 Å². The smallest absolute Gasteiger partial charge is 0.154 e. The number of anilines is 2. The molecule has 0 amide bonds. The normalized spacial score (nSPS) is 10.3. The Balaban J connectivity index is 3.54. The van der Waals surface area contributed by atoms with Gasteiger partial charge in [0, 0.05) is 4.47 Å². The van der Waals surface area contributed by atoms with Gasteiger partial charge in [-0.2, -0.15) is 0 Å². The summed E-state index contributed by atoms with van der Waals surface area (Å²) in [5, 5.41) is 45.7. The third-order valence-electron chi connectivity index (χ3n) is 1.53. The largest absolute Gasteiger partial charge is 0.870 e. The van der Waals surface area contributed by atoms with E-state index in [9.17, 15) is 14.7 Å². The summed E-state index contributed by atoms with van der Waals surface area (Å²) in [7, 11) is 0.